The van der Waals surface area contributed by atoms with E-state index in [4.69, 9.17) is 0 Å². The Morgan fingerprint density at radius 2 is 2.32 bits per heavy atom. The van der Waals surface area contributed by atoms with Gasteiger partial charge in [-0.15, -0.1) is 0 Å². The minimum absolute atomic E-state index is 0.293. The molecule has 1 aromatic rings. The summed E-state index contributed by atoms with van der Waals surface area (Å²) < 4.78 is 1.95. The lowest BCUT2D eigenvalue weighted by molar-refractivity contribution is 0.290. The fourth-order valence-corrected chi connectivity index (χ4v) is 3.08. The molecule has 19 heavy (non-hydrogen) atoms. The van der Waals surface area contributed by atoms with Crippen molar-refractivity contribution in [1.82, 2.24) is 15.1 Å². The Balaban J connectivity index is 1.85. The van der Waals surface area contributed by atoms with E-state index >= 15 is 0 Å². The third-order valence-corrected chi connectivity index (χ3v) is 4.30. The van der Waals surface area contributed by atoms with Crippen molar-refractivity contribution in [3.63, 3.8) is 0 Å². The van der Waals surface area contributed by atoms with Gasteiger partial charge in [0.25, 0.3) is 0 Å². The van der Waals surface area contributed by atoms with Crippen molar-refractivity contribution in [3.05, 3.63) is 18.0 Å². The smallest absolute Gasteiger partial charge is 0.156 e. The Hall–Kier alpha value is -0.970. The first-order valence-corrected chi connectivity index (χ1v) is 7.86. The standard InChI is InChI=1S/C14H24N4S/c1-11-9-16-18(10-11)7-6-15-13-17-12(5-8-19-13)14(2,3)4/h9-10,12H,5-8H2,1-4H3,(H,15,17). The van der Waals surface area contributed by atoms with Gasteiger partial charge in [0, 0.05) is 18.0 Å². The number of aliphatic imine (C=N–C) groups is 1. The highest BCUT2D eigenvalue weighted by Gasteiger charge is 2.28. The van der Waals surface area contributed by atoms with E-state index in [1.54, 1.807) is 0 Å². The van der Waals surface area contributed by atoms with Crippen molar-refractivity contribution in [2.75, 3.05) is 12.3 Å². The fraction of sp³-hybridized carbons (Fsp3) is 0.714. The van der Waals surface area contributed by atoms with Crippen molar-refractivity contribution in [2.45, 2.75) is 46.7 Å². The van der Waals surface area contributed by atoms with Crippen molar-refractivity contribution >= 4 is 16.9 Å². The van der Waals surface area contributed by atoms with Gasteiger partial charge in [0.1, 0.15) is 0 Å². The molecule has 0 saturated carbocycles. The molecule has 1 saturated heterocycles. The zero-order valence-electron chi connectivity index (χ0n) is 12.3. The minimum Gasteiger partial charge on any atom is -0.362 e. The topological polar surface area (TPSA) is 42.2 Å². The highest BCUT2D eigenvalue weighted by Crippen LogP contribution is 2.27. The molecule has 1 N–H and O–H groups in total. The highest BCUT2D eigenvalue weighted by atomic mass is 32.2. The lowest BCUT2D eigenvalue weighted by atomic mass is 9.85. The van der Waals surface area contributed by atoms with E-state index in [1.165, 1.54) is 12.0 Å². The summed E-state index contributed by atoms with van der Waals surface area (Å²) in [6.07, 6.45) is 5.15. The van der Waals surface area contributed by atoms with Gasteiger partial charge in [-0.05, 0) is 24.3 Å². The first kappa shape index (κ1) is 14.4. The third kappa shape index (κ3) is 4.27. The summed E-state index contributed by atoms with van der Waals surface area (Å²) in [5, 5.41) is 8.93. The summed E-state index contributed by atoms with van der Waals surface area (Å²) in [6, 6.07) is 0.527. The number of aromatic nitrogens is 2. The van der Waals surface area contributed by atoms with Gasteiger partial charge in [0.05, 0.1) is 19.3 Å². The van der Waals surface area contributed by atoms with Crippen LogP contribution in [0.5, 0.6) is 0 Å². The van der Waals surface area contributed by atoms with E-state index < -0.39 is 0 Å². The predicted molar refractivity (Wildman–Crippen MR) is 82.7 cm³/mol. The van der Waals surface area contributed by atoms with Crippen LogP contribution in [0.4, 0.5) is 0 Å². The van der Waals surface area contributed by atoms with Gasteiger partial charge in [-0.25, -0.2) is 0 Å². The van der Waals surface area contributed by atoms with E-state index in [0.717, 1.165) is 24.0 Å². The van der Waals surface area contributed by atoms with Crippen LogP contribution in [0.25, 0.3) is 0 Å². The quantitative estimate of drug-likeness (QED) is 0.925. The maximum absolute atomic E-state index is 4.66. The van der Waals surface area contributed by atoms with Crippen LogP contribution in [-0.4, -0.2) is 33.3 Å². The highest BCUT2D eigenvalue weighted by molar-refractivity contribution is 8.13. The summed E-state index contributed by atoms with van der Waals surface area (Å²) in [7, 11) is 0. The van der Waals surface area contributed by atoms with Gasteiger partial charge in [-0.3, -0.25) is 9.67 Å². The normalized spacial score (nSPS) is 22.5. The van der Waals surface area contributed by atoms with Crippen LogP contribution < -0.4 is 5.32 Å². The lowest BCUT2D eigenvalue weighted by Gasteiger charge is -2.35. The zero-order valence-corrected chi connectivity index (χ0v) is 13.1. The first-order valence-electron chi connectivity index (χ1n) is 6.88. The second-order valence-corrected chi connectivity index (χ2v) is 7.25. The molecule has 1 aromatic heterocycles. The van der Waals surface area contributed by atoms with Crippen LogP contribution in [0.15, 0.2) is 17.4 Å². The molecule has 2 heterocycles. The molecule has 0 radical (unpaired) electrons. The summed E-state index contributed by atoms with van der Waals surface area (Å²) in [6.45, 7) is 10.5. The average Bonchev–Trinajstić information content (AvgIpc) is 2.74. The molecule has 1 aliphatic rings. The minimum atomic E-state index is 0.293. The summed E-state index contributed by atoms with van der Waals surface area (Å²) in [5.74, 6) is 1.16. The van der Waals surface area contributed by atoms with Gasteiger partial charge in [-0.2, -0.15) is 5.10 Å². The summed E-state index contributed by atoms with van der Waals surface area (Å²) in [4.78, 5) is 4.66. The van der Waals surface area contributed by atoms with Gasteiger partial charge in [0.15, 0.2) is 5.17 Å². The van der Waals surface area contributed by atoms with Crippen LogP contribution in [0.3, 0.4) is 0 Å². The number of rotatable bonds is 3. The Kier molecular flexibility index (Phi) is 4.55. The monoisotopic (exact) mass is 280 g/mol. The van der Waals surface area contributed by atoms with E-state index in [-0.39, 0.29) is 0 Å². The third-order valence-electron chi connectivity index (χ3n) is 3.34. The Labute approximate surface area is 120 Å². The molecule has 0 aromatic carbocycles. The van der Waals surface area contributed by atoms with Crippen molar-refractivity contribution < 1.29 is 0 Å². The Bertz CT molecular complexity index is 445. The van der Waals surface area contributed by atoms with E-state index in [0.29, 0.717) is 11.5 Å². The van der Waals surface area contributed by atoms with Gasteiger partial charge in [-0.1, -0.05) is 32.5 Å². The van der Waals surface area contributed by atoms with E-state index in [1.807, 2.05) is 22.6 Å². The molecule has 4 nitrogen and oxygen atoms in total. The van der Waals surface area contributed by atoms with Crippen molar-refractivity contribution in [2.24, 2.45) is 10.4 Å². The number of thioether (sulfide) groups is 1. The summed E-state index contributed by atoms with van der Waals surface area (Å²) >= 11 is 1.83. The molecule has 0 amide bonds. The van der Waals surface area contributed by atoms with Crippen molar-refractivity contribution in [3.8, 4) is 0 Å². The largest absolute Gasteiger partial charge is 0.362 e. The van der Waals surface area contributed by atoms with Crippen molar-refractivity contribution in [1.29, 1.82) is 0 Å². The molecular weight excluding hydrogens is 256 g/mol. The Morgan fingerprint density at radius 3 is 2.95 bits per heavy atom. The zero-order chi connectivity index (χ0) is 13.9. The SMILES string of the molecule is Cc1cnn(CCN=C2NC(C(C)(C)C)CCS2)c1. The molecule has 0 bridgehead atoms. The van der Waals surface area contributed by atoms with Crippen LogP contribution in [-0.2, 0) is 6.54 Å². The molecule has 2 rings (SSSR count). The fourth-order valence-electron chi connectivity index (χ4n) is 2.12. The number of amidine groups is 1. The molecule has 1 atom stereocenters. The maximum Gasteiger partial charge on any atom is 0.156 e. The van der Waals surface area contributed by atoms with Gasteiger partial charge < -0.3 is 5.32 Å². The molecule has 1 fully saturated rings. The second-order valence-electron chi connectivity index (χ2n) is 6.17. The van der Waals surface area contributed by atoms with Crippen LogP contribution in [0.1, 0.15) is 32.8 Å². The number of nitrogens with zero attached hydrogens (tertiary/aromatic N) is 3. The average molecular weight is 280 g/mol. The molecule has 5 heteroatoms. The predicted octanol–water partition coefficient (Wildman–Crippen LogP) is 2.69. The number of hydrogen-bond acceptors (Lipinski definition) is 3. The number of aryl methyl sites for hydroxylation is 1. The van der Waals surface area contributed by atoms with E-state index in [2.05, 4.69) is 49.3 Å². The number of hydrogen-bond donors (Lipinski definition) is 1. The second kappa shape index (κ2) is 5.99. The number of nitrogens with one attached hydrogen (secondary N) is 1. The van der Waals surface area contributed by atoms with E-state index in [9.17, 15) is 0 Å². The molecule has 0 aliphatic carbocycles. The van der Waals surface area contributed by atoms with Gasteiger partial charge >= 0.3 is 0 Å². The van der Waals surface area contributed by atoms with Crippen LogP contribution >= 0.6 is 11.8 Å². The molecule has 106 valence electrons. The van der Waals surface area contributed by atoms with Crippen LogP contribution in [0.2, 0.25) is 0 Å². The van der Waals surface area contributed by atoms with Crippen LogP contribution in [0, 0.1) is 12.3 Å². The molecule has 1 aliphatic heterocycles. The molecular formula is C14H24N4S. The van der Waals surface area contributed by atoms with Gasteiger partial charge in [0.2, 0.25) is 0 Å². The first-order chi connectivity index (χ1) is 8.95. The molecule has 0 spiro atoms. The lowest BCUT2D eigenvalue weighted by Crippen LogP contribution is -2.46. The Morgan fingerprint density at radius 1 is 1.53 bits per heavy atom. The maximum atomic E-state index is 4.66. The molecule has 1 unspecified atom stereocenters. The summed E-state index contributed by atoms with van der Waals surface area (Å²) in [5.41, 5.74) is 1.49.